The van der Waals surface area contributed by atoms with Gasteiger partial charge in [-0.2, -0.15) is 5.10 Å². The molecule has 4 heterocycles. The number of nitrogens with one attached hydrogen (secondary N) is 1. The first-order valence-electron chi connectivity index (χ1n) is 18.1. The molecule has 2 amide bonds. The van der Waals surface area contributed by atoms with Crippen molar-refractivity contribution in [3.63, 3.8) is 0 Å². The zero-order chi connectivity index (χ0) is 35.1. The lowest BCUT2D eigenvalue weighted by atomic mass is 9.81. The minimum Gasteiger partial charge on any atom is -0.497 e. The molecule has 0 spiro atoms. The number of nitrogens with zero attached hydrogens (tertiary/aromatic N) is 4. The molecule has 50 heavy (non-hydrogen) atoms. The summed E-state index contributed by atoms with van der Waals surface area (Å²) in [6.45, 7) is 9.85. The molecule has 2 aliphatic heterocycles. The Morgan fingerprint density at radius 3 is 2.54 bits per heavy atom. The number of carbonyl (C=O) groups excluding carboxylic acids is 2. The molecule has 1 saturated carbocycles. The van der Waals surface area contributed by atoms with Crippen molar-refractivity contribution < 1.29 is 19.1 Å². The van der Waals surface area contributed by atoms with Crippen LogP contribution in [0.5, 0.6) is 5.75 Å². The summed E-state index contributed by atoms with van der Waals surface area (Å²) in [6, 6.07) is 12.5. The van der Waals surface area contributed by atoms with Crippen LogP contribution in [0.2, 0.25) is 0 Å². The van der Waals surface area contributed by atoms with E-state index in [1.54, 1.807) is 13.3 Å². The first kappa shape index (κ1) is 34.4. The number of aryl methyl sites for hydroxylation is 1. The monoisotopic (exact) mass is 695 g/mol. The summed E-state index contributed by atoms with van der Waals surface area (Å²) in [5, 5.41) is 6.17. The number of allylic oxidation sites excluding steroid dienone is 1. The van der Waals surface area contributed by atoms with Gasteiger partial charge in [0.25, 0.3) is 11.8 Å². The quantitative estimate of drug-likeness (QED) is 0.188. The number of ether oxygens (including phenoxy) is 2. The Bertz CT molecular complexity index is 1940. The Labute approximate surface area is 299 Å². The van der Waals surface area contributed by atoms with Crippen LogP contribution in [0, 0.1) is 0 Å². The number of aromatic nitrogens is 3. The average Bonchev–Trinajstić information content (AvgIpc) is 3.61. The summed E-state index contributed by atoms with van der Waals surface area (Å²) in [5.74, 6) is 1.07. The average molecular weight is 696 g/mol. The van der Waals surface area contributed by atoms with Crippen molar-refractivity contribution in [2.24, 2.45) is 7.05 Å². The maximum Gasteiger partial charge on any atom is 0.261 e. The van der Waals surface area contributed by atoms with Crippen LogP contribution in [-0.4, -0.2) is 68.7 Å². The second-order valence-electron chi connectivity index (χ2n) is 14.3. The summed E-state index contributed by atoms with van der Waals surface area (Å²) < 4.78 is 19.0. The number of rotatable bonds is 8. The highest BCUT2D eigenvalue weighted by atomic mass is 32.2. The van der Waals surface area contributed by atoms with Crippen LogP contribution >= 0.6 is 11.9 Å². The van der Waals surface area contributed by atoms with Gasteiger partial charge in [0.1, 0.15) is 5.75 Å². The van der Waals surface area contributed by atoms with Gasteiger partial charge in [0.05, 0.1) is 49.0 Å². The first-order valence-corrected chi connectivity index (χ1v) is 19.0. The highest BCUT2D eigenvalue weighted by Crippen LogP contribution is 2.48. The molecule has 3 atom stereocenters. The Kier molecular flexibility index (Phi) is 9.85. The summed E-state index contributed by atoms with van der Waals surface area (Å²) in [4.78, 5) is 29.6. The van der Waals surface area contributed by atoms with Gasteiger partial charge in [-0.3, -0.25) is 19.0 Å². The molecule has 0 bridgehead atoms. The van der Waals surface area contributed by atoms with Gasteiger partial charge in [-0.15, -0.1) is 0 Å². The Morgan fingerprint density at radius 2 is 1.82 bits per heavy atom. The maximum absolute atomic E-state index is 14.2. The lowest BCUT2D eigenvalue weighted by Crippen LogP contribution is -2.48. The fourth-order valence-electron chi connectivity index (χ4n) is 8.11. The number of morpholine rings is 1. The van der Waals surface area contributed by atoms with E-state index in [1.807, 2.05) is 42.6 Å². The zero-order valence-corrected chi connectivity index (χ0v) is 30.9. The van der Waals surface area contributed by atoms with Crippen molar-refractivity contribution in [3.05, 3.63) is 70.5 Å². The number of amides is 2. The van der Waals surface area contributed by atoms with Crippen LogP contribution in [0.3, 0.4) is 0 Å². The van der Waals surface area contributed by atoms with Gasteiger partial charge >= 0.3 is 0 Å². The third kappa shape index (κ3) is 6.48. The van der Waals surface area contributed by atoms with Crippen molar-refractivity contribution in [2.45, 2.75) is 96.1 Å². The highest BCUT2D eigenvalue weighted by molar-refractivity contribution is 7.98. The molecule has 1 saturated heterocycles. The van der Waals surface area contributed by atoms with Gasteiger partial charge in [-0.25, -0.2) is 0 Å². The van der Waals surface area contributed by atoms with E-state index in [0.29, 0.717) is 41.9 Å². The molecule has 264 valence electrons. The molecule has 2 aromatic heterocycles. The van der Waals surface area contributed by atoms with E-state index in [-0.39, 0.29) is 24.0 Å². The molecular weight excluding hydrogens is 647 g/mol. The third-order valence-corrected chi connectivity index (χ3v) is 11.7. The van der Waals surface area contributed by atoms with E-state index >= 15 is 0 Å². The number of hydrogen-bond acceptors (Lipinski definition) is 6. The van der Waals surface area contributed by atoms with Crippen LogP contribution in [0.4, 0.5) is 0 Å². The lowest BCUT2D eigenvalue weighted by Gasteiger charge is -2.35. The standard InChI is InChI=1S/C40H49N5O4S/c1-7-26(4)50-42-39(46)28-13-15-33-35(19-28)45-23-30(37-34(20-41-43(37)5)40(47)44-21-24(2)49-25(3)22-44)17-29-18-31(48-6)14-16-32(29)38(45)36(33)27-11-9-8-10-12-27/h13-20,24-27H,7-12,21-23H2,1-6H3,(H,42,46)/t24-,25+,26?. The first-order chi connectivity index (χ1) is 24.2. The predicted octanol–water partition coefficient (Wildman–Crippen LogP) is 8.08. The maximum atomic E-state index is 14.2. The number of fused-ring (bicyclic) bond motifs is 5. The molecule has 9 nitrogen and oxygen atoms in total. The van der Waals surface area contributed by atoms with Gasteiger partial charge in [-0.1, -0.05) is 39.2 Å². The molecule has 10 heteroatoms. The van der Waals surface area contributed by atoms with Gasteiger partial charge in [0.2, 0.25) is 0 Å². The molecule has 1 N–H and O–H groups in total. The molecule has 1 aliphatic carbocycles. The fourth-order valence-corrected chi connectivity index (χ4v) is 8.70. The Hall–Kier alpha value is -4.02. The minimum atomic E-state index is -0.0880. The van der Waals surface area contributed by atoms with E-state index < -0.39 is 0 Å². The van der Waals surface area contributed by atoms with E-state index in [9.17, 15) is 9.59 Å². The SMILES string of the molecule is CCC(C)SNC(=O)c1ccc2c(C3CCCCC3)c3n(c2c1)CC(c1c(C(=O)N2C[C@@H](C)O[C@@H](C)C2)cnn1C)=Cc1cc(OC)ccc1-3. The van der Waals surface area contributed by atoms with Crippen molar-refractivity contribution in [1.29, 1.82) is 0 Å². The molecular formula is C40H49N5O4S. The van der Waals surface area contributed by atoms with E-state index in [4.69, 9.17) is 9.47 Å². The van der Waals surface area contributed by atoms with Gasteiger partial charge in [-0.05, 0) is 104 Å². The topological polar surface area (TPSA) is 90.6 Å². The van der Waals surface area contributed by atoms with E-state index in [1.165, 1.54) is 47.9 Å². The van der Waals surface area contributed by atoms with Crippen LogP contribution in [0.15, 0.2) is 42.6 Å². The molecule has 2 fully saturated rings. The number of methoxy groups -OCH3 is 1. The molecule has 1 unspecified atom stereocenters. The lowest BCUT2D eigenvalue weighted by molar-refractivity contribution is -0.0586. The molecule has 0 radical (unpaired) electrons. The molecule has 2 aromatic carbocycles. The summed E-state index contributed by atoms with van der Waals surface area (Å²) in [6.07, 6.45) is 10.8. The summed E-state index contributed by atoms with van der Waals surface area (Å²) in [7, 11) is 3.61. The smallest absolute Gasteiger partial charge is 0.261 e. The van der Waals surface area contributed by atoms with Gasteiger partial charge in [0, 0.05) is 47.4 Å². The van der Waals surface area contributed by atoms with Crippen molar-refractivity contribution in [1.82, 2.24) is 24.0 Å². The second-order valence-corrected chi connectivity index (χ2v) is 15.5. The largest absolute Gasteiger partial charge is 0.497 e. The van der Waals surface area contributed by atoms with E-state index in [0.717, 1.165) is 52.9 Å². The minimum absolute atomic E-state index is 0.0376. The zero-order valence-electron chi connectivity index (χ0n) is 30.1. The normalized spacial score (nSPS) is 20.1. The molecule has 4 aromatic rings. The van der Waals surface area contributed by atoms with Crippen LogP contribution in [0.1, 0.15) is 110 Å². The van der Waals surface area contributed by atoms with Crippen LogP contribution in [0.25, 0.3) is 33.8 Å². The summed E-state index contributed by atoms with van der Waals surface area (Å²) >= 11 is 1.47. The van der Waals surface area contributed by atoms with Crippen molar-refractivity contribution >= 4 is 46.3 Å². The Balaban J connectivity index is 1.41. The highest BCUT2D eigenvalue weighted by Gasteiger charge is 2.33. The third-order valence-electron chi connectivity index (χ3n) is 10.7. The molecule has 7 rings (SSSR count). The van der Waals surface area contributed by atoms with Crippen LogP contribution < -0.4 is 9.46 Å². The number of carbonyl (C=O) groups is 2. The van der Waals surface area contributed by atoms with Crippen molar-refractivity contribution in [2.75, 3.05) is 20.2 Å². The number of hydrogen-bond donors (Lipinski definition) is 1. The summed E-state index contributed by atoms with van der Waals surface area (Å²) in [5.41, 5.74) is 8.73. The Morgan fingerprint density at radius 1 is 1.06 bits per heavy atom. The van der Waals surface area contributed by atoms with Gasteiger partial charge in [0.15, 0.2) is 0 Å². The predicted molar refractivity (Wildman–Crippen MR) is 202 cm³/mol. The number of benzene rings is 2. The fraction of sp³-hybridized carbons (Fsp3) is 0.475. The molecule has 3 aliphatic rings. The van der Waals surface area contributed by atoms with Gasteiger partial charge < -0.3 is 18.9 Å². The van der Waals surface area contributed by atoms with Crippen molar-refractivity contribution in [3.8, 4) is 17.0 Å². The van der Waals surface area contributed by atoms with E-state index in [2.05, 4.69) is 58.6 Å². The van der Waals surface area contributed by atoms with Crippen LogP contribution in [-0.2, 0) is 18.3 Å². The second kappa shape index (κ2) is 14.3.